The van der Waals surface area contributed by atoms with Gasteiger partial charge in [-0.3, -0.25) is 0 Å². The van der Waals surface area contributed by atoms with E-state index in [0.717, 1.165) is 12.0 Å². The second-order valence-electron chi connectivity index (χ2n) is 3.93. The molecule has 0 heterocycles. The molecule has 0 aromatic heterocycles. The highest BCUT2D eigenvalue weighted by Gasteiger charge is 2.12. The van der Waals surface area contributed by atoms with Gasteiger partial charge in [0.1, 0.15) is 12.4 Å². The van der Waals surface area contributed by atoms with Crippen LogP contribution in [0.5, 0.6) is 5.75 Å². The standard InChI is InChI=1S/C13H16Cl3NO/c1-2-10(17)6-11-12(16)4-3-5-13(11)18-8-9(15)7-14/h3-5,7,10H,2,6,8,17H2,1H3/b9-7-. The molecule has 0 saturated carbocycles. The van der Waals surface area contributed by atoms with E-state index in [9.17, 15) is 0 Å². The van der Waals surface area contributed by atoms with Crippen LogP contribution in [0.25, 0.3) is 0 Å². The maximum Gasteiger partial charge on any atom is 0.125 e. The van der Waals surface area contributed by atoms with Gasteiger partial charge in [0.15, 0.2) is 0 Å². The Morgan fingerprint density at radius 3 is 2.83 bits per heavy atom. The number of nitrogens with two attached hydrogens (primary N) is 1. The van der Waals surface area contributed by atoms with Gasteiger partial charge in [0.2, 0.25) is 0 Å². The predicted molar refractivity (Wildman–Crippen MR) is 78.7 cm³/mol. The van der Waals surface area contributed by atoms with Crippen molar-refractivity contribution in [3.05, 3.63) is 39.4 Å². The molecule has 1 aromatic rings. The molecule has 1 rings (SSSR count). The van der Waals surface area contributed by atoms with Gasteiger partial charge in [0.25, 0.3) is 0 Å². The fraction of sp³-hybridized carbons (Fsp3) is 0.385. The molecule has 2 nitrogen and oxygen atoms in total. The van der Waals surface area contributed by atoms with Crippen LogP contribution in [0.3, 0.4) is 0 Å². The van der Waals surface area contributed by atoms with Gasteiger partial charge in [0, 0.05) is 22.2 Å². The van der Waals surface area contributed by atoms with Gasteiger partial charge in [-0.05, 0) is 25.0 Å². The monoisotopic (exact) mass is 307 g/mol. The zero-order valence-electron chi connectivity index (χ0n) is 10.1. The highest BCUT2D eigenvalue weighted by Crippen LogP contribution is 2.28. The molecule has 1 unspecified atom stereocenters. The van der Waals surface area contributed by atoms with Crippen LogP contribution in [0.1, 0.15) is 18.9 Å². The molecule has 2 N–H and O–H groups in total. The van der Waals surface area contributed by atoms with Crippen molar-refractivity contribution >= 4 is 34.8 Å². The number of benzene rings is 1. The summed E-state index contributed by atoms with van der Waals surface area (Å²) in [5.41, 5.74) is 8.14. The van der Waals surface area contributed by atoms with Gasteiger partial charge in [-0.2, -0.15) is 0 Å². The lowest BCUT2D eigenvalue weighted by Gasteiger charge is -2.15. The van der Waals surface area contributed by atoms with E-state index in [4.69, 9.17) is 45.3 Å². The van der Waals surface area contributed by atoms with Gasteiger partial charge in [0.05, 0.1) is 5.03 Å². The molecule has 0 saturated heterocycles. The van der Waals surface area contributed by atoms with Crippen LogP contribution in [-0.4, -0.2) is 12.6 Å². The lowest BCUT2D eigenvalue weighted by molar-refractivity contribution is 0.354. The molecule has 18 heavy (non-hydrogen) atoms. The summed E-state index contributed by atoms with van der Waals surface area (Å²) in [6.07, 6.45) is 1.56. The van der Waals surface area contributed by atoms with Gasteiger partial charge >= 0.3 is 0 Å². The predicted octanol–water partition coefficient (Wildman–Crippen LogP) is 4.32. The van der Waals surface area contributed by atoms with Gasteiger partial charge < -0.3 is 10.5 Å². The van der Waals surface area contributed by atoms with Crippen molar-refractivity contribution in [2.45, 2.75) is 25.8 Å². The van der Waals surface area contributed by atoms with Crippen LogP contribution in [0.15, 0.2) is 28.8 Å². The normalized spacial score (nSPS) is 13.5. The topological polar surface area (TPSA) is 35.2 Å². The number of hydrogen-bond donors (Lipinski definition) is 1. The molecule has 0 bridgehead atoms. The first kappa shape index (κ1) is 15.6. The summed E-state index contributed by atoms with van der Waals surface area (Å²) in [5, 5.41) is 1.09. The van der Waals surface area contributed by atoms with Crippen molar-refractivity contribution in [3.8, 4) is 5.75 Å². The van der Waals surface area contributed by atoms with Crippen LogP contribution in [0.4, 0.5) is 0 Å². The quantitative estimate of drug-likeness (QED) is 0.849. The summed E-state index contributed by atoms with van der Waals surface area (Å²) in [6, 6.07) is 5.57. The Labute approximate surface area is 123 Å². The van der Waals surface area contributed by atoms with Crippen molar-refractivity contribution in [2.24, 2.45) is 5.73 Å². The lowest BCUT2D eigenvalue weighted by atomic mass is 10.0. The first-order valence-corrected chi connectivity index (χ1v) is 6.88. The first-order chi connectivity index (χ1) is 8.58. The molecule has 0 amide bonds. The molecule has 0 aliphatic heterocycles. The molecule has 5 heteroatoms. The van der Waals surface area contributed by atoms with Crippen molar-refractivity contribution in [1.82, 2.24) is 0 Å². The first-order valence-electron chi connectivity index (χ1n) is 5.69. The second kappa shape index (κ2) is 7.90. The zero-order valence-corrected chi connectivity index (χ0v) is 12.4. The molecule has 1 atom stereocenters. The molecular formula is C13H16Cl3NO. The number of ether oxygens (including phenoxy) is 1. The van der Waals surface area contributed by atoms with E-state index in [2.05, 4.69) is 0 Å². The van der Waals surface area contributed by atoms with E-state index in [1.54, 1.807) is 0 Å². The second-order valence-corrected chi connectivity index (χ2v) is 5.04. The molecular weight excluding hydrogens is 293 g/mol. The fourth-order valence-corrected chi connectivity index (χ4v) is 1.82. The highest BCUT2D eigenvalue weighted by atomic mass is 35.5. The van der Waals surface area contributed by atoms with Crippen LogP contribution in [-0.2, 0) is 6.42 Å². The van der Waals surface area contributed by atoms with E-state index in [0.29, 0.717) is 22.2 Å². The molecule has 0 fully saturated rings. The lowest BCUT2D eigenvalue weighted by Crippen LogP contribution is -2.22. The Morgan fingerprint density at radius 1 is 1.50 bits per heavy atom. The number of halogens is 3. The Kier molecular flexibility index (Phi) is 6.87. The minimum atomic E-state index is 0.0614. The highest BCUT2D eigenvalue weighted by molar-refractivity contribution is 6.36. The largest absolute Gasteiger partial charge is 0.488 e. The Hall–Kier alpha value is -0.410. The van der Waals surface area contributed by atoms with Crippen LogP contribution >= 0.6 is 34.8 Å². The minimum Gasteiger partial charge on any atom is -0.488 e. The smallest absolute Gasteiger partial charge is 0.125 e. The summed E-state index contributed by atoms with van der Waals surface area (Å²) in [4.78, 5) is 0. The van der Waals surface area contributed by atoms with E-state index in [1.165, 1.54) is 5.54 Å². The van der Waals surface area contributed by atoms with Gasteiger partial charge in [-0.15, -0.1) is 0 Å². The third-order valence-corrected chi connectivity index (χ3v) is 3.50. The van der Waals surface area contributed by atoms with Crippen LogP contribution in [0, 0.1) is 0 Å². The number of hydrogen-bond acceptors (Lipinski definition) is 2. The summed E-state index contributed by atoms with van der Waals surface area (Å²) in [7, 11) is 0. The summed E-state index contributed by atoms with van der Waals surface area (Å²) < 4.78 is 5.59. The third kappa shape index (κ3) is 4.69. The van der Waals surface area contributed by atoms with E-state index < -0.39 is 0 Å². The Balaban J connectivity index is 2.86. The van der Waals surface area contributed by atoms with Crippen molar-refractivity contribution in [3.63, 3.8) is 0 Å². The molecule has 0 aliphatic carbocycles. The Bertz CT molecular complexity index is 421. The Morgan fingerprint density at radius 2 is 2.22 bits per heavy atom. The number of rotatable bonds is 6. The van der Waals surface area contributed by atoms with Crippen LogP contribution < -0.4 is 10.5 Å². The van der Waals surface area contributed by atoms with Crippen LogP contribution in [0.2, 0.25) is 5.02 Å². The van der Waals surface area contributed by atoms with Gasteiger partial charge in [-0.1, -0.05) is 47.8 Å². The van der Waals surface area contributed by atoms with Crippen molar-refractivity contribution in [1.29, 1.82) is 0 Å². The molecule has 0 radical (unpaired) electrons. The maximum absolute atomic E-state index is 6.17. The average Bonchev–Trinajstić information content (AvgIpc) is 2.38. The average molecular weight is 309 g/mol. The molecule has 1 aromatic carbocycles. The fourth-order valence-electron chi connectivity index (χ4n) is 1.46. The van der Waals surface area contributed by atoms with E-state index in [-0.39, 0.29) is 12.6 Å². The third-order valence-electron chi connectivity index (χ3n) is 2.55. The minimum absolute atomic E-state index is 0.0614. The molecule has 0 spiro atoms. The van der Waals surface area contributed by atoms with Gasteiger partial charge in [-0.25, -0.2) is 0 Å². The summed E-state index contributed by atoms with van der Waals surface area (Å²) in [6.45, 7) is 2.26. The maximum atomic E-state index is 6.17. The molecule has 0 aliphatic rings. The van der Waals surface area contributed by atoms with E-state index in [1.807, 2.05) is 25.1 Å². The SMILES string of the molecule is CCC(N)Cc1c(Cl)cccc1OC/C(Cl)=C/Cl. The molecule has 100 valence electrons. The van der Waals surface area contributed by atoms with E-state index >= 15 is 0 Å². The summed E-state index contributed by atoms with van der Waals surface area (Å²) >= 11 is 17.4. The van der Waals surface area contributed by atoms with Crippen molar-refractivity contribution < 1.29 is 4.74 Å². The summed E-state index contributed by atoms with van der Waals surface area (Å²) in [5.74, 6) is 0.697. The van der Waals surface area contributed by atoms with Crippen molar-refractivity contribution in [2.75, 3.05) is 6.61 Å². The zero-order chi connectivity index (χ0) is 13.5.